The van der Waals surface area contributed by atoms with Crippen LogP contribution in [0, 0.1) is 0 Å². The fraction of sp³-hybridized carbons (Fsp3) is 0.385. The molecule has 0 unspecified atom stereocenters. The molecule has 1 saturated heterocycles. The summed E-state index contributed by atoms with van der Waals surface area (Å²) in [5.41, 5.74) is 2.42. The van der Waals surface area contributed by atoms with Crippen LogP contribution in [0.25, 0.3) is 10.9 Å². The maximum atomic E-state index is 6.18. The van der Waals surface area contributed by atoms with Crippen LogP contribution in [0.3, 0.4) is 0 Å². The minimum absolute atomic E-state index is 0.811. The first-order valence-corrected chi connectivity index (χ1v) is 6.32. The van der Waals surface area contributed by atoms with Crippen LogP contribution in [0.2, 0.25) is 5.02 Å². The van der Waals surface area contributed by atoms with E-state index in [1.165, 1.54) is 16.6 Å². The third-order valence-electron chi connectivity index (χ3n) is 3.45. The molecule has 0 saturated carbocycles. The number of aromatic nitrogens is 1. The lowest BCUT2D eigenvalue weighted by Crippen LogP contribution is -2.44. The standard InChI is InChI=1S/C13H16ClN3/c1-16-4-6-17(7-5-16)12-9-11(14)8-10-2-3-15-13(10)12/h2-3,8-9,15H,4-7H2,1H3. The third kappa shape index (κ3) is 2.01. The zero-order chi connectivity index (χ0) is 11.8. The van der Waals surface area contributed by atoms with Crippen molar-refractivity contribution in [2.75, 3.05) is 38.1 Å². The molecule has 0 radical (unpaired) electrons. The Morgan fingerprint density at radius 1 is 1.18 bits per heavy atom. The Labute approximate surface area is 106 Å². The number of rotatable bonds is 1. The predicted octanol–water partition coefficient (Wildman–Crippen LogP) is 2.57. The van der Waals surface area contributed by atoms with Gasteiger partial charge < -0.3 is 14.8 Å². The minimum Gasteiger partial charge on any atom is -0.367 e. The summed E-state index contributed by atoms with van der Waals surface area (Å²) in [6.07, 6.45) is 1.97. The summed E-state index contributed by atoms with van der Waals surface area (Å²) in [6.45, 7) is 4.33. The van der Waals surface area contributed by atoms with Crippen molar-refractivity contribution in [1.82, 2.24) is 9.88 Å². The average molecular weight is 250 g/mol. The van der Waals surface area contributed by atoms with Crippen molar-refractivity contribution in [2.24, 2.45) is 0 Å². The molecule has 4 heteroatoms. The van der Waals surface area contributed by atoms with E-state index in [1.54, 1.807) is 0 Å². The lowest BCUT2D eigenvalue weighted by molar-refractivity contribution is 0.313. The smallest absolute Gasteiger partial charge is 0.0692 e. The Bertz CT molecular complexity index is 526. The molecule has 90 valence electrons. The summed E-state index contributed by atoms with van der Waals surface area (Å²) in [6, 6.07) is 6.14. The largest absolute Gasteiger partial charge is 0.367 e. The van der Waals surface area contributed by atoms with Crippen molar-refractivity contribution in [2.45, 2.75) is 0 Å². The molecule has 3 rings (SSSR count). The van der Waals surface area contributed by atoms with E-state index < -0.39 is 0 Å². The molecule has 1 aliphatic heterocycles. The van der Waals surface area contributed by atoms with Gasteiger partial charge in [0.2, 0.25) is 0 Å². The van der Waals surface area contributed by atoms with E-state index in [9.17, 15) is 0 Å². The number of hydrogen-bond donors (Lipinski definition) is 1. The molecule has 0 aliphatic carbocycles. The van der Waals surface area contributed by atoms with Crippen LogP contribution in [0.1, 0.15) is 0 Å². The third-order valence-corrected chi connectivity index (χ3v) is 3.67. The van der Waals surface area contributed by atoms with Gasteiger partial charge in [0.05, 0.1) is 11.2 Å². The predicted molar refractivity (Wildman–Crippen MR) is 73.0 cm³/mol. The monoisotopic (exact) mass is 249 g/mol. The summed E-state index contributed by atoms with van der Waals surface area (Å²) in [7, 11) is 2.17. The van der Waals surface area contributed by atoms with Crippen LogP contribution in [0.4, 0.5) is 5.69 Å². The van der Waals surface area contributed by atoms with Crippen LogP contribution < -0.4 is 4.90 Å². The van der Waals surface area contributed by atoms with Gasteiger partial charge in [-0.3, -0.25) is 0 Å². The number of anilines is 1. The Balaban J connectivity index is 2.01. The number of likely N-dealkylation sites (N-methyl/N-ethyl adjacent to an activating group) is 1. The number of nitrogens with zero attached hydrogens (tertiary/aromatic N) is 2. The first-order chi connectivity index (χ1) is 8.24. The Morgan fingerprint density at radius 3 is 2.71 bits per heavy atom. The molecule has 0 atom stereocenters. The summed E-state index contributed by atoms with van der Waals surface area (Å²) in [4.78, 5) is 8.07. The van der Waals surface area contributed by atoms with Crippen LogP contribution in [0.15, 0.2) is 24.4 Å². The first kappa shape index (κ1) is 10.9. The van der Waals surface area contributed by atoms with Gasteiger partial charge in [-0.2, -0.15) is 0 Å². The highest BCUT2D eigenvalue weighted by atomic mass is 35.5. The van der Waals surface area contributed by atoms with Crippen molar-refractivity contribution >= 4 is 28.2 Å². The second-order valence-electron chi connectivity index (χ2n) is 4.66. The van der Waals surface area contributed by atoms with Gasteiger partial charge in [0.25, 0.3) is 0 Å². The maximum absolute atomic E-state index is 6.18. The number of aromatic amines is 1. The molecule has 1 aliphatic rings. The summed E-state index contributed by atoms with van der Waals surface area (Å²) >= 11 is 6.18. The summed E-state index contributed by atoms with van der Waals surface area (Å²) < 4.78 is 0. The fourth-order valence-corrected chi connectivity index (χ4v) is 2.63. The number of halogens is 1. The lowest BCUT2D eigenvalue weighted by Gasteiger charge is -2.34. The van der Waals surface area contributed by atoms with Crippen molar-refractivity contribution < 1.29 is 0 Å². The molecule has 3 nitrogen and oxygen atoms in total. The SMILES string of the molecule is CN1CCN(c2cc(Cl)cc3cc[nH]c23)CC1. The highest BCUT2D eigenvalue weighted by Crippen LogP contribution is 2.30. The van der Waals surface area contributed by atoms with Gasteiger partial charge in [-0.1, -0.05) is 11.6 Å². The van der Waals surface area contributed by atoms with Crippen LogP contribution in [-0.2, 0) is 0 Å². The van der Waals surface area contributed by atoms with E-state index in [1.807, 2.05) is 12.3 Å². The van der Waals surface area contributed by atoms with Gasteiger partial charge in [0.1, 0.15) is 0 Å². The van der Waals surface area contributed by atoms with Gasteiger partial charge in [-0.25, -0.2) is 0 Å². The summed E-state index contributed by atoms with van der Waals surface area (Å²) in [5, 5.41) is 2.00. The molecule has 2 heterocycles. The van der Waals surface area contributed by atoms with Gasteiger partial charge in [0, 0.05) is 42.8 Å². The molecule has 1 N–H and O–H groups in total. The van der Waals surface area contributed by atoms with E-state index in [2.05, 4.69) is 34.0 Å². The quantitative estimate of drug-likeness (QED) is 0.839. The van der Waals surface area contributed by atoms with Gasteiger partial charge in [0.15, 0.2) is 0 Å². The molecule has 1 aromatic carbocycles. The van der Waals surface area contributed by atoms with Crippen molar-refractivity contribution in [1.29, 1.82) is 0 Å². The Hall–Kier alpha value is -1.19. The Morgan fingerprint density at radius 2 is 1.94 bits per heavy atom. The van der Waals surface area contributed by atoms with Crippen LogP contribution >= 0.6 is 11.6 Å². The number of hydrogen-bond acceptors (Lipinski definition) is 2. The zero-order valence-corrected chi connectivity index (χ0v) is 10.7. The van der Waals surface area contributed by atoms with Gasteiger partial charge in [-0.05, 0) is 25.2 Å². The molecule has 0 bridgehead atoms. The van der Waals surface area contributed by atoms with Gasteiger partial charge in [-0.15, -0.1) is 0 Å². The minimum atomic E-state index is 0.811. The maximum Gasteiger partial charge on any atom is 0.0692 e. The first-order valence-electron chi connectivity index (χ1n) is 5.94. The van der Waals surface area contributed by atoms with Crippen LogP contribution in [-0.4, -0.2) is 43.1 Å². The number of benzene rings is 1. The number of nitrogens with one attached hydrogen (secondary N) is 1. The molecular weight excluding hydrogens is 234 g/mol. The van der Waals surface area contributed by atoms with Gasteiger partial charge >= 0.3 is 0 Å². The van der Waals surface area contributed by atoms with E-state index in [-0.39, 0.29) is 0 Å². The van der Waals surface area contributed by atoms with E-state index >= 15 is 0 Å². The second kappa shape index (κ2) is 4.24. The highest BCUT2D eigenvalue weighted by Gasteiger charge is 2.17. The second-order valence-corrected chi connectivity index (χ2v) is 5.09. The fourth-order valence-electron chi connectivity index (χ4n) is 2.41. The topological polar surface area (TPSA) is 22.3 Å². The number of piperazine rings is 1. The van der Waals surface area contributed by atoms with E-state index in [0.29, 0.717) is 0 Å². The van der Waals surface area contributed by atoms with E-state index in [0.717, 1.165) is 31.2 Å². The normalized spacial score (nSPS) is 17.9. The number of H-pyrrole nitrogens is 1. The molecule has 17 heavy (non-hydrogen) atoms. The van der Waals surface area contributed by atoms with Crippen molar-refractivity contribution in [3.8, 4) is 0 Å². The van der Waals surface area contributed by atoms with Crippen molar-refractivity contribution in [3.05, 3.63) is 29.4 Å². The number of fused-ring (bicyclic) bond motifs is 1. The molecule has 0 amide bonds. The Kier molecular flexibility index (Phi) is 2.73. The molecule has 1 aromatic heterocycles. The van der Waals surface area contributed by atoms with Crippen LogP contribution in [0.5, 0.6) is 0 Å². The zero-order valence-electron chi connectivity index (χ0n) is 9.91. The molecule has 0 spiro atoms. The molecule has 1 fully saturated rings. The molecular formula is C13H16ClN3. The summed E-state index contributed by atoms with van der Waals surface area (Å²) in [5.74, 6) is 0. The molecule has 2 aromatic rings. The highest BCUT2D eigenvalue weighted by molar-refractivity contribution is 6.31. The average Bonchev–Trinajstić information content (AvgIpc) is 2.77. The van der Waals surface area contributed by atoms with Crippen molar-refractivity contribution in [3.63, 3.8) is 0 Å². The van der Waals surface area contributed by atoms with E-state index in [4.69, 9.17) is 11.6 Å². The lowest BCUT2D eigenvalue weighted by atomic mass is 10.2.